The molecular formula is C18H22N6O4S3. The van der Waals surface area contributed by atoms with Gasteiger partial charge in [-0.3, -0.25) is 14.5 Å². The number of nitrogens with one attached hydrogen (secondary N) is 1. The number of hydrogen-bond donors (Lipinski definition) is 1. The maximum Gasteiger partial charge on any atom is 0.248 e. The van der Waals surface area contributed by atoms with Crippen molar-refractivity contribution < 1.29 is 17.7 Å². The molecule has 31 heavy (non-hydrogen) atoms. The van der Waals surface area contributed by atoms with Gasteiger partial charge in [0.05, 0.1) is 4.88 Å². The van der Waals surface area contributed by atoms with E-state index in [1.54, 1.807) is 30.2 Å². The van der Waals surface area contributed by atoms with E-state index in [0.717, 1.165) is 4.88 Å². The number of amides is 1. The summed E-state index contributed by atoms with van der Waals surface area (Å²) in [6.45, 7) is 5.91. The summed E-state index contributed by atoms with van der Waals surface area (Å²) in [6, 6.07) is 3.25. The zero-order valence-corrected chi connectivity index (χ0v) is 19.7. The van der Waals surface area contributed by atoms with Crippen LogP contribution in [0.15, 0.2) is 26.9 Å². The van der Waals surface area contributed by atoms with Crippen LogP contribution in [0.5, 0.6) is 0 Å². The minimum atomic E-state index is -3.73. The first-order valence-electron chi connectivity index (χ1n) is 9.64. The number of carbonyl (C=O) groups is 1. The number of thiophene rings is 1. The lowest BCUT2D eigenvalue weighted by molar-refractivity contribution is -0.135. The zero-order chi connectivity index (χ0) is 22.3. The van der Waals surface area contributed by atoms with Gasteiger partial charge in [0.1, 0.15) is 16.6 Å². The Hall–Kier alpha value is -2.35. The van der Waals surface area contributed by atoms with E-state index in [1.165, 1.54) is 15.6 Å². The molecule has 0 aliphatic carbocycles. The van der Waals surface area contributed by atoms with Crippen molar-refractivity contribution in [3.8, 4) is 10.7 Å². The summed E-state index contributed by atoms with van der Waals surface area (Å²) in [4.78, 5) is 15.9. The number of piperazine rings is 1. The van der Waals surface area contributed by atoms with Crippen molar-refractivity contribution in [3.63, 3.8) is 0 Å². The molecule has 3 aromatic heterocycles. The van der Waals surface area contributed by atoms with Crippen LogP contribution in [0, 0.1) is 18.6 Å². The van der Waals surface area contributed by atoms with Crippen molar-refractivity contribution in [2.75, 3.05) is 26.2 Å². The van der Waals surface area contributed by atoms with Crippen molar-refractivity contribution in [2.45, 2.75) is 31.7 Å². The van der Waals surface area contributed by atoms with Crippen LogP contribution in [0.4, 0.5) is 0 Å². The highest BCUT2D eigenvalue weighted by molar-refractivity contribution is 7.89. The molecule has 1 N–H and O–H groups in total. The van der Waals surface area contributed by atoms with Crippen molar-refractivity contribution >= 4 is 39.5 Å². The molecular weight excluding hydrogens is 460 g/mol. The highest BCUT2D eigenvalue weighted by atomic mass is 32.2. The van der Waals surface area contributed by atoms with Crippen molar-refractivity contribution in [3.05, 3.63) is 33.7 Å². The monoisotopic (exact) mass is 482 g/mol. The fraction of sp³-hybridized carbons (Fsp3) is 0.444. The van der Waals surface area contributed by atoms with Crippen LogP contribution in [0.25, 0.3) is 10.7 Å². The van der Waals surface area contributed by atoms with Crippen LogP contribution in [0.3, 0.4) is 0 Å². The number of hydrogen-bond acceptors (Lipinski definition) is 8. The molecule has 1 amide bonds. The van der Waals surface area contributed by atoms with Gasteiger partial charge in [0.25, 0.3) is 0 Å². The van der Waals surface area contributed by atoms with Crippen LogP contribution in [0.2, 0.25) is 0 Å². The summed E-state index contributed by atoms with van der Waals surface area (Å²) < 4.78 is 34.5. The molecule has 4 rings (SSSR count). The molecule has 4 heterocycles. The summed E-state index contributed by atoms with van der Waals surface area (Å²) in [5.74, 6) is 0.741. The lowest BCUT2D eigenvalue weighted by Crippen LogP contribution is -2.51. The normalized spacial score (nSPS) is 16.5. The highest BCUT2D eigenvalue weighted by Gasteiger charge is 2.35. The van der Waals surface area contributed by atoms with E-state index >= 15 is 0 Å². The van der Waals surface area contributed by atoms with Crippen LogP contribution in [0.1, 0.15) is 24.4 Å². The molecule has 0 saturated carbocycles. The fourth-order valence-electron chi connectivity index (χ4n) is 3.74. The Balaban J connectivity index is 1.49. The molecule has 0 radical (unpaired) electrons. The quantitative estimate of drug-likeness (QED) is 0.555. The second-order valence-electron chi connectivity index (χ2n) is 7.26. The average molecular weight is 483 g/mol. The molecule has 1 saturated heterocycles. The lowest BCUT2D eigenvalue weighted by Gasteiger charge is -2.35. The van der Waals surface area contributed by atoms with E-state index in [9.17, 15) is 13.2 Å². The Labute approximate surface area is 188 Å². The molecule has 10 nitrogen and oxygen atoms in total. The molecule has 0 aromatic carbocycles. The largest absolute Gasteiger partial charge is 0.360 e. The number of rotatable bonds is 5. The maximum atomic E-state index is 13.2. The van der Waals surface area contributed by atoms with E-state index in [-0.39, 0.29) is 42.7 Å². The van der Waals surface area contributed by atoms with Crippen molar-refractivity contribution in [1.29, 1.82) is 0 Å². The van der Waals surface area contributed by atoms with Gasteiger partial charge in [-0.2, -0.15) is 9.40 Å². The van der Waals surface area contributed by atoms with Gasteiger partial charge in [-0.1, -0.05) is 11.2 Å². The fourth-order valence-corrected chi connectivity index (χ4v) is 6.45. The number of aromatic nitrogens is 4. The standard InChI is InChI=1S/C18H22N6O4S3/c1-11-15(13(3)28-21-11)31(26,27)23-8-6-22(7-9-23)17(25)12(2)24-16(19-20-18(24)29)14-5-4-10-30-14/h4-5,10,12H,6-9H2,1-3H3,(H,20,29). The molecule has 1 aliphatic rings. The van der Waals surface area contributed by atoms with E-state index in [4.69, 9.17) is 16.7 Å². The van der Waals surface area contributed by atoms with E-state index < -0.39 is 16.1 Å². The number of nitrogens with zero attached hydrogens (tertiary/aromatic N) is 5. The predicted molar refractivity (Wildman–Crippen MR) is 117 cm³/mol. The average Bonchev–Trinajstić information content (AvgIpc) is 3.47. The van der Waals surface area contributed by atoms with E-state index in [0.29, 0.717) is 16.3 Å². The summed E-state index contributed by atoms with van der Waals surface area (Å²) in [5, 5.41) is 12.7. The second-order valence-corrected chi connectivity index (χ2v) is 10.5. The first-order chi connectivity index (χ1) is 14.7. The number of aromatic amines is 1. The van der Waals surface area contributed by atoms with Gasteiger partial charge in [-0.15, -0.1) is 11.3 Å². The highest BCUT2D eigenvalue weighted by Crippen LogP contribution is 2.27. The zero-order valence-electron chi connectivity index (χ0n) is 17.2. The minimum absolute atomic E-state index is 0.103. The third-order valence-corrected chi connectivity index (χ3v) is 8.60. The Morgan fingerprint density at radius 1 is 1.29 bits per heavy atom. The van der Waals surface area contributed by atoms with Crippen molar-refractivity contribution in [1.82, 2.24) is 29.1 Å². The summed E-state index contributed by atoms with van der Waals surface area (Å²) >= 11 is 6.87. The van der Waals surface area contributed by atoms with Crippen LogP contribution >= 0.6 is 23.6 Å². The molecule has 1 unspecified atom stereocenters. The molecule has 0 bridgehead atoms. The van der Waals surface area contributed by atoms with Crippen LogP contribution in [-0.4, -0.2) is 69.6 Å². The number of carbonyl (C=O) groups excluding carboxylic acids is 1. The summed E-state index contributed by atoms with van der Waals surface area (Å²) in [5.41, 5.74) is 0.333. The number of H-pyrrole nitrogens is 1. The second kappa shape index (κ2) is 8.30. The van der Waals surface area contributed by atoms with Gasteiger partial charge in [0.2, 0.25) is 15.9 Å². The van der Waals surface area contributed by atoms with Crippen LogP contribution < -0.4 is 0 Å². The molecule has 166 valence electrons. The molecule has 1 aliphatic heterocycles. The van der Waals surface area contributed by atoms with Gasteiger partial charge in [-0.25, -0.2) is 8.42 Å². The molecule has 3 aromatic rings. The molecule has 13 heteroatoms. The minimum Gasteiger partial charge on any atom is -0.360 e. The Kier molecular flexibility index (Phi) is 5.85. The number of aryl methyl sites for hydroxylation is 2. The summed E-state index contributed by atoms with van der Waals surface area (Å²) in [7, 11) is -3.73. The van der Waals surface area contributed by atoms with Crippen LogP contribution in [-0.2, 0) is 14.8 Å². The van der Waals surface area contributed by atoms with Gasteiger partial charge < -0.3 is 9.42 Å². The Morgan fingerprint density at radius 3 is 2.58 bits per heavy atom. The maximum absolute atomic E-state index is 13.2. The van der Waals surface area contributed by atoms with E-state index in [1.807, 2.05) is 17.5 Å². The van der Waals surface area contributed by atoms with Crippen molar-refractivity contribution in [2.24, 2.45) is 0 Å². The Bertz CT molecular complexity index is 1230. The Morgan fingerprint density at radius 2 is 2.00 bits per heavy atom. The first-order valence-corrected chi connectivity index (χ1v) is 12.4. The van der Waals surface area contributed by atoms with Gasteiger partial charge in [0, 0.05) is 26.2 Å². The first kappa shape index (κ1) is 21.9. The van der Waals surface area contributed by atoms with Gasteiger partial charge >= 0.3 is 0 Å². The predicted octanol–water partition coefficient (Wildman–Crippen LogP) is 2.37. The van der Waals surface area contributed by atoms with Gasteiger partial charge in [0.15, 0.2) is 16.4 Å². The summed E-state index contributed by atoms with van der Waals surface area (Å²) in [6.07, 6.45) is 0. The molecule has 1 fully saturated rings. The third-order valence-electron chi connectivity index (χ3n) is 5.31. The van der Waals surface area contributed by atoms with Gasteiger partial charge in [-0.05, 0) is 44.4 Å². The molecule has 1 atom stereocenters. The molecule has 0 spiro atoms. The van der Waals surface area contributed by atoms with E-state index in [2.05, 4.69) is 15.4 Å². The lowest BCUT2D eigenvalue weighted by atomic mass is 10.2. The SMILES string of the molecule is Cc1noc(C)c1S(=O)(=O)N1CCN(C(=O)C(C)n2c(-c3cccs3)n[nH]c2=S)CC1. The smallest absolute Gasteiger partial charge is 0.248 e. The third kappa shape index (κ3) is 3.86. The topological polar surface area (TPSA) is 117 Å². The number of sulfonamides is 1.